The maximum absolute atomic E-state index is 13.1. The van der Waals surface area contributed by atoms with E-state index in [1.54, 1.807) is 12.1 Å². The summed E-state index contributed by atoms with van der Waals surface area (Å²) in [5, 5.41) is 6.35. The van der Waals surface area contributed by atoms with Crippen LogP contribution in [0.1, 0.15) is 5.56 Å². The predicted octanol–water partition coefficient (Wildman–Crippen LogP) is 4.74. The number of thiocarbonyl (C=S) groups is 1. The maximum Gasteiger partial charge on any atom is 0.175 e. The zero-order valence-corrected chi connectivity index (χ0v) is 13.4. The van der Waals surface area contributed by atoms with Crippen LogP contribution in [0.3, 0.4) is 0 Å². The molecular weight excluding hydrogens is 330 g/mol. The van der Waals surface area contributed by atoms with Crippen molar-refractivity contribution in [3.05, 3.63) is 52.6 Å². The molecule has 116 valence electrons. The monoisotopic (exact) mass is 342 g/mol. The van der Waals surface area contributed by atoms with Crippen molar-refractivity contribution in [3.8, 4) is 5.75 Å². The van der Waals surface area contributed by atoms with E-state index in [4.69, 9.17) is 28.6 Å². The Kier molecular flexibility index (Phi) is 5.15. The molecule has 0 bridgehead atoms. The fourth-order valence-electron chi connectivity index (χ4n) is 1.84. The van der Waals surface area contributed by atoms with Crippen LogP contribution in [-0.4, -0.2) is 12.2 Å². The van der Waals surface area contributed by atoms with Gasteiger partial charge in [-0.3, -0.25) is 0 Å². The van der Waals surface area contributed by atoms with E-state index in [9.17, 15) is 8.78 Å². The molecule has 0 amide bonds. The first-order valence-electron chi connectivity index (χ1n) is 6.27. The summed E-state index contributed by atoms with van der Waals surface area (Å²) in [6.45, 7) is 1.84. The SMILES string of the molecule is COc1cc(Cl)c(C)cc1NC(=S)Nc1cc(F)cc(F)c1. The Morgan fingerprint density at radius 1 is 1.09 bits per heavy atom. The number of hydrogen-bond acceptors (Lipinski definition) is 2. The molecule has 7 heteroatoms. The number of rotatable bonds is 3. The number of ether oxygens (including phenoxy) is 1. The van der Waals surface area contributed by atoms with Gasteiger partial charge in [0.05, 0.1) is 12.8 Å². The second-order valence-electron chi connectivity index (χ2n) is 4.54. The first-order chi connectivity index (χ1) is 10.4. The van der Waals surface area contributed by atoms with E-state index in [0.717, 1.165) is 23.8 Å². The zero-order valence-electron chi connectivity index (χ0n) is 11.8. The number of hydrogen-bond donors (Lipinski definition) is 2. The summed E-state index contributed by atoms with van der Waals surface area (Å²) in [6, 6.07) is 6.49. The van der Waals surface area contributed by atoms with Crippen LogP contribution in [0.15, 0.2) is 30.3 Å². The van der Waals surface area contributed by atoms with Gasteiger partial charge in [0, 0.05) is 22.8 Å². The fourth-order valence-corrected chi connectivity index (χ4v) is 2.22. The Labute approximate surface area is 137 Å². The first-order valence-corrected chi connectivity index (χ1v) is 7.06. The molecule has 0 heterocycles. The van der Waals surface area contributed by atoms with E-state index in [0.29, 0.717) is 16.5 Å². The van der Waals surface area contributed by atoms with Gasteiger partial charge < -0.3 is 15.4 Å². The Balaban J connectivity index is 2.17. The third-order valence-electron chi connectivity index (χ3n) is 2.85. The largest absolute Gasteiger partial charge is 0.495 e. The average molecular weight is 343 g/mol. The van der Waals surface area contributed by atoms with Crippen molar-refractivity contribution in [3.63, 3.8) is 0 Å². The molecule has 2 N–H and O–H groups in total. The minimum atomic E-state index is -0.690. The van der Waals surface area contributed by atoms with E-state index >= 15 is 0 Å². The van der Waals surface area contributed by atoms with E-state index in [1.165, 1.54) is 7.11 Å². The van der Waals surface area contributed by atoms with Gasteiger partial charge in [-0.25, -0.2) is 8.78 Å². The van der Waals surface area contributed by atoms with Crippen molar-refractivity contribution >= 4 is 40.3 Å². The van der Waals surface area contributed by atoms with Crippen molar-refractivity contribution in [1.29, 1.82) is 0 Å². The quantitative estimate of drug-likeness (QED) is 0.789. The summed E-state index contributed by atoms with van der Waals surface area (Å²) < 4.78 is 31.5. The lowest BCUT2D eigenvalue weighted by atomic mass is 10.2. The molecule has 0 saturated heterocycles. The van der Waals surface area contributed by atoms with Gasteiger partial charge >= 0.3 is 0 Å². The summed E-state index contributed by atoms with van der Waals surface area (Å²) in [4.78, 5) is 0. The van der Waals surface area contributed by atoms with Crippen LogP contribution in [0.5, 0.6) is 5.75 Å². The van der Waals surface area contributed by atoms with E-state index in [2.05, 4.69) is 10.6 Å². The molecule has 2 aromatic carbocycles. The van der Waals surface area contributed by atoms with Crippen LogP contribution in [0.25, 0.3) is 0 Å². The van der Waals surface area contributed by atoms with Crippen LogP contribution < -0.4 is 15.4 Å². The van der Waals surface area contributed by atoms with Crippen molar-refractivity contribution in [2.75, 3.05) is 17.7 Å². The summed E-state index contributed by atoms with van der Waals surface area (Å²) in [5.74, 6) is -0.874. The smallest absolute Gasteiger partial charge is 0.175 e. The van der Waals surface area contributed by atoms with Crippen molar-refractivity contribution in [1.82, 2.24) is 0 Å². The third kappa shape index (κ3) is 4.05. The average Bonchev–Trinajstić information content (AvgIpc) is 2.41. The lowest BCUT2D eigenvalue weighted by Crippen LogP contribution is -2.19. The molecule has 0 aliphatic carbocycles. The standard InChI is InChI=1S/C15H13ClF2N2OS/c1-8-3-13(14(21-2)7-12(8)16)20-15(22)19-11-5-9(17)4-10(18)6-11/h3-7H,1-2H3,(H2,19,20,22). The fraction of sp³-hybridized carbons (Fsp3) is 0.133. The predicted molar refractivity (Wildman–Crippen MR) is 88.9 cm³/mol. The molecule has 0 fully saturated rings. The van der Waals surface area contributed by atoms with Gasteiger partial charge in [0.2, 0.25) is 0 Å². The van der Waals surface area contributed by atoms with Gasteiger partial charge in [-0.05, 0) is 42.9 Å². The lowest BCUT2D eigenvalue weighted by Gasteiger charge is -2.15. The highest BCUT2D eigenvalue weighted by molar-refractivity contribution is 7.80. The molecule has 0 radical (unpaired) electrons. The van der Waals surface area contributed by atoms with Crippen LogP contribution in [0, 0.1) is 18.6 Å². The molecule has 0 unspecified atom stereocenters. The molecule has 2 rings (SSSR count). The highest BCUT2D eigenvalue weighted by Crippen LogP contribution is 2.31. The number of anilines is 2. The Morgan fingerprint density at radius 3 is 2.32 bits per heavy atom. The number of nitrogens with one attached hydrogen (secondary N) is 2. The Hall–Kier alpha value is -1.92. The summed E-state index contributed by atoms with van der Waals surface area (Å²) in [7, 11) is 1.50. The highest BCUT2D eigenvalue weighted by Gasteiger charge is 2.09. The Bertz CT molecular complexity index is 705. The van der Waals surface area contributed by atoms with E-state index < -0.39 is 11.6 Å². The van der Waals surface area contributed by atoms with Gasteiger partial charge in [0.1, 0.15) is 17.4 Å². The zero-order chi connectivity index (χ0) is 16.3. The summed E-state index contributed by atoms with van der Waals surface area (Å²) in [5.41, 5.74) is 1.64. The second-order valence-corrected chi connectivity index (χ2v) is 5.35. The van der Waals surface area contributed by atoms with E-state index in [1.807, 2.05) is 6.92 Å². The third-order valence-corrected chi connectivity index (χ3v) is 3.46. The van der Waals surface area contributed by atoms with Crippen LogP contribution in [-0.2, 0) is 0 Å². The molecule has 0 aliphatic rings. The summed E-state index contributed by atoms with van der Waals surface area (Å²) >= 11 is 11.2. The molecular formula is C15H13ClF2N2OS. The van der Waals surface area contributed by atoms with Crippen LogP contribution in [0.2, 0.25) is 5.02 Å². The number of aryl methyl sites for hydroxylation is 1. The molecule has 0 atom stereocenters. The molecule has 22 heavy (non-hydrogen) atoms. The van der Waals surface area contributed by atoms with Gasteiger partial charge in [0.25, 0.3) is 0 Å². The summed E-state index contributed by atoms with van der Waals surface area (Å²) in [6.07, 6.45) is 0. The minimum absolute atomic E-state index is 0.171. The normalized spacial score (nSPS) is 10.2. The number of halogens is 3. The van der Waals surface area contributed by atoms with Crippen LogP contribution in [0.4, 0.5) is 20.2 Å². The van der Waals surface area contributed by atoms with Gasteiger partial charge in [-0.15, -0.1) is 0 Å². The van der Waals surface area contributed by atoms with Crippen molar-refractivity contribution in [2.45, 2.75) is 6.92 Å². The molecule has 0 saturated carbocycles. The molecule has 0 spiro atoms. The highest BCUT2D eigenvalue weighted by atomic mass is 35.5. The molecule has 2 aromatic rings. The van der Waals surface area contributed by atoms with Gasteiger partial charge in [-0.1, -0.05) is 11.6 Å². The van der Waals surface area contributed by atoms with Crippen LogP contribution >= 0.6 is 23.8 Å². The maximum atomic E-state index is 13.1. The van der Waals surface area contributed by atoms with Gasteiger partial charge in [0.15, 0.2) is 5.11 Å². The minimum Gasteiger partial charge on any atom is -0.495 e. The Morgan fingerprint density at radius 2 is 1.73 bits per heavy atom. The first kappa shape index (κ1) is 16.5. The van der Waals surface area contributed by atoms with Crippen molar-refractivity contribution in [2.24, 2.45) is 0 Å². The van der Waals surface area contributed by atoms with Crippen molar-refractivity contribution < 1.29 is 13.5 Å². The topological polar surface area (TPSA) is 33.3 Å². The van der Waals surface area contributed by atoms with Gasteiger partial charge in [-0.2, -0.15) is 0 Å². The number of benzene rings is 2. The lowest BCUT2D eigenvalue weighted by molar-refractivity contribution is 0.417. The molecule has 0 aromatic heterocycles. The van der Waals surface area contributed by atoms with E-state index in [-0.39, 0.29) is 10.8 Å². The number of methoxy groups -OCH3 is 1. The molecule has 3 nitrogen and oxygen atoms in total. The molecule has 0 aliphatic heterocycles. The second kappa shape index (κ2) is 6.89.